The SMILES string of the molecule is CC1(C)c2ccccc2-c2ccc(N(c3ccccc3)c3ccc(N4c5ccccc5C(c5ccccc5)(c5cc6ccccc6c6c5oc5ccccc56)c5ccccc54)cc3)cc21. The number of furan rings is 1. The molecule has 0 bridgehead atoms. The summed E-state index contributed by atoms with van der Waals surface area (Å²) in [4.78, 5) is 4.84. The van der Waals surface area contributed by atoms with Crippen molar-refractivity contribution >= 4 is 66.8 Å². The van der Waals surface area contributed by atoms with Crippen LogP contribution in [0.3, 0.4) is 0 Å². The highest BCUT2D eigenvalue weighted by molar-refractivity contribution is 6.20. The van der Waals surface area contributed by atoms with E-state index in [0.29, 0.717) is 0 Å². The van der Waals surface area contributed by atoms with Gasteiger partial charge in [-0.15, -0.1) is 0 Å². The molecule has 10 aromatic carbocycles. The molecule has 0 radical (unpaired) electrons. The van der Waals surface area contributed by atoms with Crippen molar-refractivity contribution in [1.82, 2.24) is 0 Å². The molecule has 0 amide bonds. The Morgan fingerprint density at radius 2 is 0.969 bits per heavy atom. The molecule has 11 aromatic rings. The molecule has 0 spiro atoms. The lowest BCUT2D eigenvalue weighted by molar-refractivity contribution is 0.644. The molecule has 1 aromatic heterocycles. The highest BCUT2D eigenvalue weighted by Gasteiger charge is 2.48. The van der Waals surface area contributed by atoms with Gasteiger partial charge < -0.3 is 14.2 Å². The molecule has 13 rings (SSSR count). The second kappa shape index (κ2) is 14.2. The van der Waals surface area contributed by atoms with Gasteiger partial charge in [0, 0.05) is 44.5 Å². The van der Waals surface area contributed by atoms with E-state index in [-0.39, 0.29) is 5.41 Å². The quantitative estimate of drug-likeness (QED) is 0.166. The van der Waals surface area contributed by atoms with Gasteiger partial charge in [-0.1, -0.05) is 172 Å². The van der Waals surface area contributed by atoms with E-state index in [1.807, 2.05) is 0 Å². The summed E-state index contributed by atoms with van der Waals surface area (Å²) in [6, 6.07) is 84.4. The van der Waals surface area contributed by atoms with Gasteiger partial charge in [-0.05, 0) is 123 Å². The average molecular weight is 833 g/mol. The van der Waals surface area contributed by atoms with Crippen molar-refractivity contribution < 1.29 is 4.42 Å². The smallest absolute Gasteiger partial charge is 0.140 e. The second-order valence-corrected chi connectivity index (χ2v) is 18.0. The van der Waals surface area contributed by atoms with Crippen LogP contribution in [-0.4, -0.2) is 0 Å². The van der Waals surface area contributed by atoms with Crippen LogP contribution in [0.25, 0.3) is 43.8 Å². The summed E-state index contributed by atoms with van der Waals surface area (Å²) in [5, 5.41) is 4.65. The van der Waals surface area contributed by atoms with Gasteiger partial charge in [0.2, 0.25) is 0 Å². The topological polar surface area (TPSA) is 19.6 Å². The number of rotatable bonds is 6. The molecule has 3 heteroatoms. The largest absolute Gasteiger partial charge is 0.456 e. The standard InChI is InChI=1S/C62H44N2O/c1-61(2)51-27-13-11-25-48(51)49-38-37-46(40-54(49)61)63(43-22-7-4-8-23-43)44-33-35-45(36-34-44)64-56-30-16-14-28-52(56)62(42-20-5-3-6-21-42,53-29-15-17-31-57(53)64)55-39-41-19-9-10-24-47(41)59-50-26-12-18-32-58(50)65-60(55)59/h3-40H,1-2H3. The van der Waals surface area contributed by atoms with Gasteiger partial charge in [0.25, 0.3) is 0 Å². The van der Waals surface area contributed by atoms with E-state index in [9.17, 15) is 0 Å². The Balaban J connectivity index is 1.01. The lowest BCUT2D eigenvalue weighted by atomic mass is 9.62. The lowest BCUT2D eigenvalue weighted by Gasteiger charge is -2.46. The molecule has 1 aliphatic carbocycles. The molecule has 0 N–H and O–H groups in total. The van der Waals surface area contributed by atoms with Crippen molar-refractivity contribution in [2.24, 2.45) is 0 Å². The summed E-state index contributed by atoms with van der Waals surface area (Å²) in [7, 11) is 0. The summed E-state index contributed by atoms with van der Waals surface area (Å²) in [5.41, 5.74) is 17.7. The minimum absolute atomic E-state index is 0.110. The van der Waals surface area contributed by atoms with Crippen molar-refractivity contribution in [2.75, 3.05) is 9.80 Å². The molecule has 3 nitrogen and oxygen atoms in total. The Morgan fingerprint density at radius 1 is 0.415 bits per heavy atom. The Kier molecular flexibility index (Phi) is 8.17. The van der Waals surface area contributed by atoms with Gasteiger partial charge in [0.15, 0.2) is 0 Å². The molecular weight excluding hydrogens is 789 g/mol. The van der Waals surface area contributed by atoms with E-state index in [2.05, 4.69) is 254 Å². The Hall–Kier alpha value is -8.14. The predicted octanol–water partition coefficient (Wildman–Crippen LogP) is 16.7. The first-order valence-corrected chi connectivity index (χ1v) is 22.6. The first-order chi connectivity index (χ1) is 32.0. The highest BCUT2D eigenvalue weighted by Crippen LogP contribution is 2.60. The van der Waals surface area contributed by atoms with E-state index in [0.717, 1.165) is 61.6 Å². The van der Waals surface area contributed by atoms with Crippen LogP contribution in [0.1, 0.15) is 47.2 Å². The third kappa shape index (κ3) is 5.36. The monoisotopic (exact) mass is 832 g/mol. The minimum Gasteiger partial charge on any atom is -0.456 e. The molecule has 1 aliphatic heterocycles. The van der Waals surface area contributed by atoms with Crippen LogP contribution in [0.2, 0.25) is 0 Å². The van der Waals surface area contributed by atoms with Crippen LogP contribution in [0.4, 0.5) is 34.1 Å². The fraction of sp³-hybridized carbons (Fsp3) is 0.0645. The zero-order chi connectivity index (χ0) is 43.3. The molecule has 0 saturated heterocycles. The van der Waals surface area contributed by atoms with Crippen LogP contribution in [0.5, 0.6) is 0 Å². The second-order valence-electron chi connectivity index (χ2n) is 18.0. The Bertz CT molecular complexity index is 3590. The maximum absolute atomic E-state index is 7.08. The molecule has 0 unspecified atom stereocenters. The zero-order valence-corrected chi connectivity index (χ0v) is 36.2. The number of para-hydroxylation sites is 4. The summed E-state index contributed by atoms with van der Waals surface area (Å²) in [6.07, 6.45) is 0. The Morgan fingerprint density at radius 3 is 1.71 bits per heavy atom. The highest BCUT2D eigenvalue weighted by atomic mass is 16.3. The van der Waals surface area contributed by atoms with E-state index in [4.69, 9.17) is 4.42 Å². The Labute approximate surface area is 379 Å². The van der Waals surface area contributed by atoms with Gasteiger partial charge in [-0.3, -0.25) is 0 Å². The summed E-state index contributed by atoms with van der Waals surface area (Å²) in [6.45, 7) is 4.70. The van der Waals surface area contributed by atoms with Gasteiger partial charge in [-0.25, -0.2) is 0 Å². The van der Waals surface area contributed by atoms with Crippen LogP contribution in [0.15, 0.2) is 235 Å². The molecule has 2 heterocycles. The van der Waals surface area contributed by atoms with Crippen LogP contribution in [-0.2, 0) is 10.8 Å². The third-order valence-electron chi connectivity index (χ3n) is 14.3. The van der Waals surface area contributed by atoms with E-state index < -0.39 is 5.41 Å². The van der Waals surface area contributed by atoms with Crippen molar-refractivity contribution in [3.8, 4) is 11.1 Å². The van der Waals surface area contributed by atoms with Crippen molar-refractivity contribution in [1.29, 1.82) is 0 Å². The molecule has 0 atom stereocenters. The predicted molar refractivity (Wildman–Crippen MR) is 270 cm³/mol. The number of nitrogens with zero attached hydrogens (tertiary/aromatic N) is 2. The number of fused-ring (bicyclic) bond motifs is 10. The van der Waals surface area contributed by atoms with Crippen LogP contribution < -0.4 is 9.80 Å². The maximum Gasteiger partial charge on any atom is 0.140 e. The van der Waals surface area contributed by atoms with Gasteiger partial charge >= 0.3 is 0 Å². The first-order valence-electron chi connectivity index (χ1n) is 22.6. The van der Waals surface area contributed by atoms with Crippen molar-refractivity contribution in [3.05, 3.63) is 264 Å². The van der Waals surface area contributed by atoms with Crippen molar-refractivity contribution in [2.45, 2.75) is 24.7 Å². The fourth-order valence-corrected chi connectivity index (χ4v) is 11.4. The van der Waals surface area contributed by atoms with Gasteiger partial charge in [0.1, 0.15) is 11.2 Å². The molecule has 0 fully saturated rings. The maximum atomic E-state index is 7.08. The average Bonchev–Trinajstić information content (AvgIpc) is 3.87. The number of anilines is 6. The van der Waals surface area contributed by atoms with E-state index in [1.54, 1.807) is 0 Å². The summed E-state index contributed by atoms with van der Waals surface area (Å²) < 4.78 is 7.08. The lowest BCUT2D eigenvalue weighted by Crippen LogP contribution is -2.37. The van der Waals surface area contributed by atoms with Gasteiger partial charge in [0.05, 0.1) is 16.8 Å². The normalized spacial score (nSPS) is 14.2. The van der Waals surface area contributed by atoms with E-state index in [1.165, 1.54) is 49.7 Å². The summed E-state index contributed by atoms with van der Waals surface area (Å²) >= 11 is 0. The number of benzene rings is 10. The molecule has 0 saturated carbocycles. The summed E-state index contributed by atoms with van der Waals surface area (Å²) in [5.74, 6) is 0. The van der Waals surface area contributed by atoms with Gasteiger partial charge in [-0.2, -0.15) is 0 Å². The third-order valence-corrected chi connectivity index (χ3v) is 14.3. The van der Waals surface area contributed by atoms with E-state index >= 15 is 0 Å². The first kappa shape index (κ1) is 37.4. The molecule has 65 heavy (non-hydrogen) atoms. The molecule has 308 valence electrons. The number of hydrogen-bond donors (Lipinski definition) is 0. The fourth-order valence-electron chi connectivity index (χ4n) is 11.4. The molecule has 2 aliphatic rings. The van der Waals surface area contributed by atoms with Crippen molar-refractivity contribution in [3.63, 3.8) is 0 Å². The minimum atomic E-state index is -0.730. The van der Waals surface area contributed by atoms with Crippen LogP contribution >= 0.6 is 0 Å². The zero-order valence-electron chi connectivity index (χ0n) is 36.2. The van der Waals surface area contributed by atoms with Crippen LogP contribution in [0, 0.1) is 0 Å². The molecular formula is C62H44N2O. The number of hydrogen-bond acceptors (Lipinski definition) is 3.